The van der Waals surface area contributed by atoms with Crippen LogP contribution in [0.25, 0.3) is 11.0 Å². The average Bonchev–Trinajstić information content (AvgIpc) is 3.14. The number of aromatic nitrogens is 3. The van der Waals surface area contributed by atoms with E-state index in [0.29, 0.717) is 0 Å². The normalized spacial score (nSPS) is 15.1. The van der Waals surface area contributed by atoms with Gasteiger partial charge in [-0.3, -0.25) is 4.79 Å². The van der Waals surface area contributed by atoms with Crippen LogP contribution in [0.15, 0.2) is 6.07 Å². The number of pyridine rings is 1. The monoisotopic (exact) mass is 286 g/mol. The van der Waals surface area contributed by atoms with Gasteiger partial charge in [0.2, 0.25) is 0 Å². The number of amides is 1. The SMILES string of the molecule is CCc1cc(C(=O)N2CCCC2)c2c(C)nn(CC)c2n1. The first-order chi connectivity index (χ1) is 10.2. The Labute approximate surface area is 125 Å². The number of likely N-dealkylation sites (tertiary alicyclic amines) is 1. The van der Waals surface area contributed by atoms with E-state index >= 15 is 0 Å². The molecule has 1 aliphatic rings. The highest BCUT2D eigenvalue weighted by atomic mass is 16.2. The average molecular weight is 286 g/mol. The van der Waals surface area contributed by atoms with Crippen molar-refractivity contribution >= 4 is 16.9 Å². The van der Waals surface area contributed by atoms with Crippen LogP contribution < -0.4 is 0 Å². The smallest absolute Gasteiger partial charge is 0.254 e. The molecule has 1 amide bonds. The second-order valence-electron chi connectivity index (χ2n) is 5.61. The minimum absolute atomic E-state index is 0.133. The lowest BCUT2D eigenvalue weighted by molar-refractivity contribution is 0.0794. The summed E-state index contributed by atoms with van der Waals surface area (Å²) >= 11 is 0. The highest BCUT2D eigenvalue weighted by Gasteiger charge is 2.24. The summed E-state index contributed by atoms with van der Waals surface area (Å²) in [5.74, 6) is 0.133. The molecule has 0 saturated carbocycles. The summed E-state index contributed by atoms with van der Waals surface area (Å²) in [5, 5.41) is 5.46. The Morgan fingerprint density at radius 1 is 1.29 bits per heavy atom. The van der Waals surface area contributed by atoms with E-state index < -0.39 is 0 Å². The summed E-state index contributed by atoms with van der Waals surface area (Å²) in [6.07, 6.45) is 3.03. The predicted octanol–water partition coefficient (Wildman–Crippen LogP) is 2.56. The minimum Gasteiger partial charge on any atom is -0.339 e. The fourth-order valence-corrected chi connectivity index (χ4v) is 3.07. The van der Waals surface area contributed by atoms with Crippen molar-refractivity contribution in [2.24, 2.45) is 0 Å². The quantitative estimate of drug-likeness (QED) is 0.871. The van der Waals surface area contributed by atoms with E-state index in [1.165, 1.54) is 0 Å². The van der Waals surface area contributed by atoms with Gasteiger partial charge in [-0.2, -0.15) is 5.10 Å². The Morgan fingerprint density at radius 3 is 2.62 bits per heavy atom. The summed E-state index contributed by atoms with van der Waals surface area (Å²) in [4.78, 5) is 19.5. The molecule has 0 radical (unpaired) electrons. The summed E-state index contributed by atoms with van der Waals surface area (Å²) < 4.78 is 1.89. The molecule has 1 fully saturated rings. The van der Waals surface area contributed by atoms with Crippen LogP contribution in [0, 0.1) is 6.92 Å². The fourth-order valence-electron chi connectivity index (χ4n) is 3.07. The van der Waals surface area contributed by atoms with Gasteiger partial charge in [-0.1, -0.05) is 6.92 Å². The maximum atomic E-state index is 12.8. The largest absolute Gasteiger partial charge is 0.339 e. The highest BCUT2D eigenvalue weighted by molar-refractivity contribution is 6.06. The molecule has 0 N–H and O–H groups in total. The lowest BCUT2D eigenvalue weighted by atomic mass is 10.1. The van der Waals surface area contributed by atoms with E-state index in [1.807, 2.05) is 29.5 Å². The van der Waals surface area contributed by atoms with Gasteiger partial charge in [0.25, 0.3) is 5.91 Å². The number of carbonyl (C=O) groups is 1. The van der Waals surface area contributed by atoms with Crippen LogP contribution >= 0.6 is 0 Å². The Balaban J connectivity index is 2.19. The first-order valence-corrected chi connectivity index (χ1v) is 7.82. The number of nitrogens with zero attached hydrogens (tertiary/aromatic N) is 4. The van der Waals surface area contributed by atoms with Crippen molar-refractivity contribution < 1.29 is 4.79 Å². The Morgan fingerprint density at radius 2 is 2.00 bits per heavy atom. The fraction of sp³-hybridized carbons (Fsp3) is 0.562. The van der Waals surface area contributed by atoms with E-state index in [4.69, 9.17) is 0 Å². The second-order valence-corrected chi connectivity index (χ2v) is 5.61. The van der Waals surface area contributed by atoms with Crippen molar-refractivity contribution in [3.63, 3.8) is 0 Å². The molecule has 112 valence electrons. The van der Waals surface area contributed by atoms with Gasteiger partial charge in [-0.25, -0.2) is 9.67 Å². The van der Waals surface area contributed by atoms with Crippen molar-refractivity contribution in [2.75, 3.05) is 13.1 Å². The zero-order valence-corrected chi connectivity index (χ0v) is 13.0. The second kappa shape index (κ2) is 5.47. The van der Waals surface area contributed by atoms with Crippen LogP contribution in [-0.4, -0.2) is 38.7 Å². The van der Waals surface area contributed by atoms with Crippen molar-refractivity contribution in [1.29, 1.82) is 0 Å². The third-order valence-corrected chi connectivity index (χ3v) is 4.22. The molecule has 0 bridgehead atoms. The van der Waals surface area contributed by atoms with Crippen molar-refractivity contribution in [2.45, 2.75) is 46.6 Å². The molecule has 0 atom stereocenters. The zero-order valence-electron chi connectivity index (χ0n) is 13.0. The van der Waals surface area contributed by atoms with E-state index in [0.717, 1.165) is 66.9 Å². The van der Waals surface area contributed by atoms with Gasteiger partial charge in [0.1, 0.15) is 0 Å². The minimum atomic E-state index is 0.133. The van der Waals surface area contributed by atoms with Gasteiger partial charge in [0.15, 0.2) is 5.65 Å². The summed E-state index contributed by atoms with van der Waals surface area (Å²) in [7, 11) is 0. The lowest BCUT2D eigenvalue weighted by Gasteiger charge is -2.16. The van der Waals surface area contributed by atoms with Crippen molar-refractivity contribution in [3.8, 4) is 0 Å². The molecular weight excluding hydrogens is 264 g/mol. The topological polar surface area (TPSA) is 51.0 Å². The Bertz CT molecular complexity index is 683. The number of fused-ring (bicyclic) bond motifs is 1. The summed E-state index contributed by atoms with van der Waals surface area (Å²) in [5.41, 5.74) is 3.47. The molecule has 5 heteroatoms. The lowest BCUT2D eigenvalue weighted by Crippen LogP contribution is -2.28. The summed E-state index contributed by atoms with van der Waals surface area (Å²) in [6.45, 7) is 8.58. The van der Waals surface area contributed by atoms with Gasteiger partial charge in [-0.15, -0.1) is 0 Å². The number of rotatable bonds is 3. The first-order valence-electron chi connectivity index (χ1n) is 7.82. The van der Waals surface area contributed by atoms with Gasteiger partial charge in [0, 0.05) is 25.3 Å². The predicted molar refractivity (Wildman–Crippen MR) is 82.5 cm³/mol. The maximum Gasteiger partial charge on any atom is 0.254 e. The first kappa shape index (κ1) is 14.0. The number of carbonyl (C=O) groups excluding carboxylic acids is 1. The maximum absolute atomic E-state index is 12.8. The van der Waals surface area contributed by atoms with Gasteiger partial charge in [0.05, 0.1) is 16.6 Å². The molecule has 2 aromatic heterocycles. The van der Waals surface area contributed by atoms with Crippen LogP contribution in [0.4, 0.5) is 0 Å². The van der Waals surface area contributed by atoms with Crippen molar-refractivity contribution in [3.05, 3.63) is 23.0 Å². The number of hydrogen-bond acceptors (Lipinski definition) is 3. The molecule has 1 saturated heterocycles. The number of aryl methyl sites for hydroxylation is 3. The summed E-state index contributed by atoms with van der Waals surface area (Å²) in [6, 6.07) is 1.96. The molecule has 1 aliphatic heterocycles. The molecule has 5 nitrogen and oxygen atoms in total. The van der Waals surface area contributed by atoms with E-state index in [-0.39, 0.29) is 5.91 Å². The van der Waals surface area contributed by atoms with Crippen LogP contribution in [0.5, 0.6) is 0 Å². The van der Waals surface area contributed by atoms with E-state index in [2.05, 4.69) is 17.0 Å². The van der Waals surface area contributed by atoms with Gasteiger partial charge in [-0.05, 0) is 39.2 Å². The number of hydrogen-bond donors (Lipinski definition) is 0. The molecular formula is C16H22N4O. The molecule has 3 heterocycles. The molecule has 0 spiro atoms. The molecule has 2 aromatic rings. The third kappa shape index (κ3) is 2.30. The van der Waals surface area contributed by atoms with Crippen LogP contribution in [-0.2, 0) is 13.0 Å². The van der Waals surface area contributed by atoms with E-state index in [1.54, 1.807) is 0 Å². The highest BCUT2D eigenvalue weighted by Crippen LogP contribution is 2.25. The molecule has 0 aliphatic carbocycles. The Kier molecular flexibility index (Phi) is 3.66. The Hall–Kier alpha value is -1.91. The molecule has 0 aromatic carbocycles. The third-order valence-electron chi connectivity index (χ3n) is 4.22. The van der Waals surface area contributed by atoms with Gasteiger partial charge >= 0.3 is 0 Å². The van der Waals surface area contributed by atoms with Crippen LogP contribution in [0.1, 0.15) is 48.4 Å². The van der Waals surface area contributed by atoms with Gasteiger partial charge < -0.3 is 4.90 Å². The zero-order chi connectivity index (χ0) is 15.0. The van der Waals surface area contributed by atoms with Crippen molar-refractivity contribution in [1.82, 2.24) is 19.7 Å². The molecule has 0 unspecified atom stereocenters. The standard InChI is InChI=1S/C16H22N4O/c1-4-12-10-13(16(21)19-8-6-7-9-19)14-11(3)18-20(5-2)15(14)17-12/h10H,4-9H2,1-3H3. The molecule has 3 rings (SSSR count). The van der Waals surface area contributed by atoms with E-state index in [9.17, 15) is 4.79 Å². The van der Waals surface area contributed by atoms with Crippen LogP contribution in [0.2, 0.25) is 0 Å². The van der Waals surface area contributed by atoms with Crippen LogP contribution in [0.3, 0.4) is 0 Å². The molecule has 21 heavy (non-hydrogen) atoms.